The Balaban J connectivity index is 2.22. The van der Waals surface area contributed by atoms with Gasteiger partial charge < -0.3 is 14.5 Å². The molecule has 3 nitrogen and oxygen atoms in total. The van der Waals surface area contributed by atoms with Crippen molar-refractivity contribution in [1.82, 2.24) is 5.32 Å². The fraction of sp³-hybridized carbons (Fsp3) is 0.333. The van der Waals surface area contributed by atoms with Crippen molar-refractivity contribution in [3.05, 3.63) is 44.4 Å². The van der Waals surface area contributed by atoms with Crippen molar-refractivity contribution in [1.29, 1.82) is 0 Å². The van der Waals surface area contributed by atoms with Gasteiger partial charge in [0.25, 0.3) is 0 Å². The molecular weight excluding hydrogens is 302 g/mol. The van der Waals surface area contributed by atoms with Gasteiger partial charge in [0.2, 0.25) is 0 Å². The molecule has 2 rings (SSSR count). The highest BCUT2D eigenvalue weighted by Gasteiger charge is 2.17. The van der Waals surface area contributed by atoms with Crippen LogP contribution in [0.25, 0.3) is 0 Å². The molecule has 2 heterocycles. The molecule has 0 saturated heterocycles. The lowest BCUT2D eigenvalue weighted by Gasteiger charge is -2.11. The maximum Gasteiger partial charge on any atom is 0.129 e. The minimum absolute atomic E-state index is 0.0944. The molecule has 1 atom stereocenters. The SMILES string of the molecule is CNC(c1ccc(COC)o1)c1ccc(Br)s1. The maximum atomic E-state index is 5.74. The van der Waals surface area contributed by atoms with E-state index in [0.29, 0.717) is 6.61 Å². The summed E-state index contributed by atoms with van der Waals surface area (Å²) in [7, 11) is 3.59. The van der Waals surface area contributed by atoms with E-state index in [1.807, 2.05) is 25.2 Å². The van der Waals surface area contributed by atoms with E-state index in [1.165, 1.54) is 4.88 Å². The average Bonchev–Trinajstić information content (AvgIpc) is 2.91. The summed E-state index contributed by atoms with van der Waals surface area (Å²) in [4.78, 5) is 1.22. The van der Waals surface area contributed by atoms with Crippen LogP contribution in [0.15, 0.2) is 32.5 Å². The van der Waals surface area contributed by atoms with Crippen LogP contribution in [0.1, 0.15) is 22.4 Å². The number of furan rings is 1. The summed E-state index contributed by atoms with van der Waals surface area (Å²) < 4.78 is 11.9. The zero-order valence-electron chi connectivity index (χ0n) is 9.70. The normalized spacial score (nSPS) is 12.9. The number of halogens is 1. The fourth-order valence-electron chi connectivity index (χ4n) is 1.68. The van der Waals surface area contributed by atoms with Crippen LogP contribution in [0.4, 0.5) is 0 Å². The van der Waals surface area contributed by atoms with Crippen molar-refractivity contribution >= 4 is 27.3 Å². The molecule has 0 aliphatic heterocycles. The van der Waals surface area contributed by atoms with Crippen LogP contribution in [0.3, 0.4) is 0 Å². The van der Waals surface area contributed by atoms with E-state index in [4.69, 9.17) is 9.15 Å². The number of rotatable bonds is 5. The molecule has 92 valence electrons. The van der Waals surface area contributed by atoms with Crippen LogP contribution in [0, 0.1) is 0 Å². The predicted molar refractivity (Wildman–Crippen MR) is 72.3 cm³/mol. The summed E-state index contributed by atoms with van der Waals surface area (Å²) in [6.45, 7) is 0.505. The second kappa shape index (κ2) is 5.82. The van der Waals surface area contributed by atoms with Crippen molar-refractivity contribution < 1.29 is 9.15 Å². The first-order valence-electron chi connectivity index (χ1n) is 5.24. The lowest BCUT2D eigenvalue weighted by Crippen LogP contribution is -2.15. The number of methoxy groups -OCH3 is 1. The molecular formula is C12H14BrNO2S. The van der Waals surface area contributed by atoms with Gasteiger partial charge in [0.15, 0.2) is 0 Å². The van der Waals surface area contributed by atoms with Crippen LogP contribution in [-0.4, -0.2) is 14.2 Å². The molecule has 0 bridgehead atoms. The topological polar surface area (TPSA) is 34.4 Å². The van der Waals surface area contributed by atoms with E-state index >= 15 is 0 Å². The zero-order valence-corrected chi connectivity index (χ0v) is 12.1. The standard InChI is InChI=1S/C12H14BrNO2S/c1-14-12(10-5-6-11(13)17-10)9-4-3-8(16-9)7-15-2/h3-6,12,14H,7H2,1-2H3. The van der Waals surface area contributed by atoms with Crippen LogP contribution in [-0.2, 0) is 11.3 Å². The number of hydrogen-bond acceptors (Lipinski definition) is 4. The Bertz CT molecular complexity index is 480. The van der Waals surface area contributed by atoms with E-state index < -0.39 is 0 Å². The summed E-state index contributed by atoms with van der Waals surface area (Å²) in [5, 5.41) is 3.26. The van der Waals surface area contributed by atoms with Gasteiger partial charge >= 0.3 is 0 Å². The van der Waals surface area contributed by atoms with Crippen LogP contribution < -0.4 is 5.32 Å². The van der Waals surface area contributed by atoms with Gasteiger partial charge in [0.05, 0.1) is 3.79 Å². The fourth-order valence-corrected chi connectivity index (χ4v) is 3.22. The zero-order chi connectivity index (χ0) is 12.3. The third-order valence-corrected chi connectivity index (χ3v) is 4.11. The molecule has 1 N–H and O–H groups in total. The first-order valence-corrected chi connectivity index (χ1v) is 6.85. The summed E-state index contributed by atoms with van der Waals surface area (Å²) in [5.41, 5.74) is 0. The van der Waals surface area contributed by atoms with E-state index in [-0.39, 0.29) is 6.04 Å². The molecule has 0 fully saturated rings. The van der Waals surface area contributed by atoms with Gasteiger partial charge in [0.1, 0.15) is 24.2 Å². The highest BCUT2D eigenvalue weighted by Crippen LogP contribution is 2.31. The smallest absolute Gasteiger partial charge is 0.129 e. The molecule has 5 heteroatoms. The van der Waals surface area contributed by atoms with Crippen molar-refractivity contribution in [3.8, 4) is 0 Å². The first-order chi connectivity index (χ1) is 8.24. The first kappa shape index (κ1) is 12.8. The lowest BCUT2D eigenvalue weighted by atomic mass is 10.2. The summed E-state index contributed by atoms with van der Waals surface area (Å²) in [6, 6.07) is 8.17. The van der Waals surface area contributed by atoms with Gasteiger partial charge in [-0.2, -0.15) is 0 Å². The Kier molecular flexibility index (Phi) is 4.39. The van der Waals surface area contributed by atoms with Gasteiger partial charge in [-0.1, -0.05) is 0 Å². The second-order valence-electron chi connectivity index (χ2n) is 3.60. The van der Waals surface area contributed by atoms with Crippen molar-refractivity contribution in [2.45, 2.75) is 12.6 Å². The molecule has 2 aromatic rings. The Morgan fingerprint density at radius 1 is 1.41 bits per heavy atom. The van der Waals surface area contributed by atoms with Crippen molar-refractivity contribution in [3.63, 3.8) is 0 Å². The summed E-state index contributed by atoms with van der Waals surface area (Å²) >= 11 is 5.17. The molecule has 17 heavy (non-hydrogen) atoms. The second-order valence-corrected chi connectivity index (χ2v) is 6.10. The molecule has 0 spiro atoms. The van der Waals surface area contributed by atoms with Crippen LogP contribution in [0.5, 0.6) is 0 Å². The quantitative estimate of drug-likeness (QED) is 0.916. The highest BCUT2D eigenvalue weighted by atomic mass is 79.9. The number of thiophene rings is 1. The maximum absolute atomic E-state index is 5.74. The van der Waals surface area contributed by atoms with E-state index in [1.54, 1.807) is 18.4 Å². The van der Waals surface area contributed by atoms with E-state index in [9.17, 15) is 0 Å². The largest absolute Gasteiger partial charge is 0.462 e. The predicted octanol–water partition coefficient (Wildman–Crippen LogP) is 3.56. The van der Waals surface area contributed by atoms with Gasteiger partial charge in [-0.25, -0.2) is 0 Å². The molecule has 0 aliphatic rings. The molecule has 0 aromatic carbocycles. The Morgan fingerprint density at radius 3 is 2.82 bits per heavy atom. The number of ether oxygens (including phenoxy) is 1. The van der Waals surface area contributed by atoms with Crippen molar-refractivity contribution in [2.75, 3.05) is 14.2 Å². The van der Waals surface area contributed by atoms with E-state index in [0.717, 1.165) is 15.3 Å². The Labute approximate surface area is 113 Å². The number of hydrogen-bond donors (Lipinski definition) is 1. The molecule has 1 unspecified atom stereocenters. The average molecular weight is 316 g/mol. The number of nitrogens with one attached hydrogen (secondary N) is 1. The molecule has 0 radical (unpaired) electrons. The highest BCUT2D eigenvalue weighted by molar-refractivity contribution is 9.11. The van der Waals surface area contributed by atoms with E-state index in [2.05, 4.69) is 27.3 Å². The van der Waals surface area contributed by atoms with Gasteiger partial charge in [-0.3, -0.25) is 0 Å². The Morgan fingerprint density at radius 2 is 2.24 bits per heavy atom. The minimum Gasteiger partial charge on any atom is -0.462 e. The molecule has 0 aliphatic carbocycles. The third-order valence-electron chi connectivity index (χ3n) is 2.42. The molecule has 2 aromatic heterocycles. The van der Waals surface area contributed by atoms with Gasteiger partial charge in [-0.05, 0) is 47.2 Å². The monoisotopic (exact) mass is 315 g/mol. The molecule has 0 amide bonds. The minimum atomic E-state index is 0.0944. The van der Waals surface area contributed by atoms with Crippen molar-refractivity contribution in [2.24, 2.45) is 0 Å². The van der Waals surface area contributed by atoms with Gasteiger partial charge in [0, 0.05) is 12.0 Å². The lowest BCUT2D eigenvalue weighted by molar-refractivity contribution is 0.162. The third kappa shape index (κ3) is 2.98. The molecule has 0 saturated carbocycles. The van der Waals surface area contributed by atoms with Crippen LogP contribution >= 0.6 is 27.3 Å². The van der Waals surface area contributed by atoms with Gasteiger partial charge in [-0.15, -0.1) is 11.3 Å². The summed E-state index contributed by atoms with van der Waals surface area (Å²) in [5.74, 6) is 1.76. The van der Waals surface area contributed by atoms with Crippen LogP contribution in [0.2, 0.25) is 0 Å². The Hall–Kier alpha value is -0.620. The summed E-state index contributed by atoms with van der Waals surface area (Å²) in [6.07, 6.45) is 0.